The second kappa shape index (κ2) is 5.05. The van der Waals surface area contributed by atoms with Crippen molar-refractivity contribution in [2.24, 2.45) is 0 Å². The van der Waals surface area contributed by atoms with Crippen LogP contribution in [0.4, 0.5) is 5.82 Å². The highest BCUT2D eigenvalue weighted by Crippen LogP contribution is 2.30. The molecule has 4 heteroatoms. The van der Waals surface area contributed by atoms with Crippen LogP contribution in [0.1, 0.15) is 5.56 Å². The van der Waals surface area contributed by atoms with E-state index in [0.717, 1.165) is 43.3 Å². The van der Waals surface area contributed by atoms with Crippen LogP contribution in [0.5, 0.6) is 5.75 Å². The molecule has 1 aliphatic heterocycles. The summed E-state index contributed by atoms with van der Waals surface area (Å²) in [5.74, 6) is 2.02. The smallest absolute Gasteiger partial charge is 0.136 e. The summed E-state index contributed by atoms with van der Waals surface area (Å²) in [7, 11) is 1.71. The van der Waals surface area contributed by atoms with Crippen LogP contribution in [0.3, 0.4) is 0 Å². The van der Waals surface area contributed by atoms with Gasteiger partial charge in [-0.1, -0.05) is 0 Å². The minimum absolute atomic E-state index is 0.935. The lowest BCUT2D eigenvalue weighted by Gasteiger charge is -2.29. The molecule has 100 valence electrons. The third-order valence-corrected chi connectivity index (χ3v) is 3.68. The van der Waals surface area contributed by atoms with Gasteiger partial charge in [0.2, 0.25) is 0 Å². The van der Waals surface area contributed by atoms with E-state index in [1.54, 1.807) is 7.11 Å². The molecule has 0 amide bonds. The molecule has 1 N–H and O–H groups in total. The van der Waals surface area contributed by atoms with Gasteiger partial charge < -0.3 is 15.0 Å². The number of benzene rings is 1. The van der Waals surface area contributed by atoms with Crippen LogP contribution < -0.4 is 15.0 Å². The molecule has 1 aromatic carbocycles. The zero-order chi connectivity index (χ0) is 13.2. The Morgan fingerprint density at radius 3 is 2.79 bits per heavy atom. The molecular formula is C15H19N3O. The minimum atomic E-state index is 0.935. The molecule has 1 saturated heterocycles. The number of rotatable bonds is 2. The van der Waals surface area contributed by atoms with E-state index in [-0.39, 0.29) is 0 Å². The summed E-state index contributed by atoms with van der Waals surface area (Å²) in [5.41, 5.74) is 1.15. The van der Waals surface area contributed by atoms with Gasteiger partial charge in [0.15, 0.2) is 0 Å². The van der Waals surface area contributed by atoms with Crippen molar-refractivity contribution in [3.05, 3.63) is 30.0 Å². The maximum absolute atomic E-state index is 5.39. The highest BCUT2D eigenvalue weighted by Gasteiger charge is 2.15. The fourth-order valence-corrected chi connectivity index (χ4v) is 2.64. The number of methoxy groups -OCH3 is 1. The first-order valence-electron chi connectivity index (χ1n) is 6.68. The van der Waals surface area contributed by atoms with Gasteiger partial charge in [-0.2, -0.15) is 0 Å². The van der Waals surface area contributed by atoms with Gasteiger partial charge in [0.25, 0.3) is 0 Å². The zero-order valence-corrected chi connectivity index (χ0v) is 11.4. The number of aromatic nitrogens is 1. The first-order valence-corrected chi connectivity index (χ1v) is 6.68. The number of nitrogens with one attached hydrogen (secondary N) is 1. The molecule has 2 aromatic rings. The topological polar surface area (TPSA) is 37.4 Å². The second-order valence-electron chi connectivity index (χ2n) is 4.91. The maximum atomic E-state index is 5.39. The lowest BCUT2D eigenvalue weighted by atomic mass is 10.1. The van der Waals surface area contributed by atoms with E-state index in [2.05, 4.69) is 34.3 Å². The van der Waals surface area contributed by atoms with Crippen LogP contribution in [-0.4, -0.2) is 38.3 Å². The number of hydrogen-bond acceptors (Lipinski definition) is 4. The molecule has 0 radical (unpaired) electrons. The minimum Gasteiger partial charge on any atom is -0.496 e. The van der Waals surface area contributed by atoms with Crippen LogP contribution in [-0.2, 0) is 0 Å². The zero-order valence-electron chi connectivity index (χ0n) is 11.4. The van der Waals surface area contributed by atoms with E-state index in [4.69, 9.17) is 4.74 Å². The van der Waals surface area contributed by atoms with Crippen molar-refractivity contribution >= 4 is 16.6 Å². The molecule has 1 fully saturated rings. The second-order valence-corrected chi connectivity index (χ2v) is 4.91. The predicted octanol–water partition coefficient (Wildman–Crippen LogP) is 1.96. The van der Waals surface area contributed by atoms with E-state index in [1.807, 2.05) is 12.3 Å². The van der Waals surface area contributed by atoms with E-state index < -0.39 is 0 Å². The summed E-state index contributed by atoms with van der Waals surface area (Å²) in [6.07, 6.45) is 1.88. The van der Waals surface area contributed by atoms with Crippen molar-refractivity contribution in [1.82, 2.24) is 10.3 Å². The Bertz CT molecular complexity index is 591. The standard InChI is InChI=1S/C15H19N3O/c1-11-9-13-12(10-14(11)19-2)3-4-17-15(13)18-7-5-16-6-8-18/h3-4,9-10,16H,5-8H2,1-2H3. The highest BCUT2D eigenvalue weighted by molar-refractivity contribution is 5.93. The van der Waals surface area contributed by atoms with Crippen LogP contribution in [0, 0.1) is 6.92 Å². The molecule has 0 unspecified atom stereocenters. The van der Waals surface area contributed by atoms with E-state index in [0.29, 0.717) is 0 Å². The quantitative estimate of drug-likeness (QED) is 0.892. The summed E-state index contributed by atoms with van der Waals surface area (Å²) in [5, 5.41) is 5.77. The SMILES string of the molecule is COc1cc2ccnc(N3CCNCC3)c2cc1C. The summed E-state index contributed by atoms with van der Waals surface area (Å²) >= 11 is 0. The van der Waals surface area contributed by atoms with Crippen LogP contribution >= 0.6 is 0 Å². The van der Waals surface area contributed by atoms with Gasteiger partial charge in [-0.3, -0.25) is 0 Å². The van der Waals surface area contributed by atoms with Crippen molar-refractivity contribution in [3.63, 3.8) is 0 Å². The van der Waals surface area contributed by atoms with Gasteiger partial charge in [-0.25, -0.2) is 4.98 Å². The fraction of sp³-hybridized carbons (Fsp3) is 0.400. The Hall–Kier alpha value is -1.81. The van der Waals surface area contributed by atoms with Crippen molar-refractivity contribution < 1.29 is 4.74 Å². The Morgan fingerprint density at radius 2 is 2.05 bits per heavy atom. The van der Waals surface area contributed by atoms with Crippen LogP contribution in [0.25, 0.3) is 10.8 Å². The molecule has 0 spiro atoms. The molecular weight excluding hydrogens is 238 g/mol. The summed E-state index contributed by atoms with van der Waals surface area (Å²) < 4.78 is 5.39. The van der Waals surface area contributed by atoms with Crippen LogP contribution in [0.2, 0.25) is 0 Å². The highest BCUT2D eigenvalue weighted by atomic mass is 16.5. The number of ether oxygens (including phenoxy) is 1. The first-order chi connectivity index (χ1) is 9.29. The number of piperazine rings is 1. The number of fused-ring (bicyclic) bond motifs is 1. The Labute approximate surface area is 113 Å². The molecule has 19 heavy (non-hydrogen) atoms. The van der Waals surface area contributed by atoms with E-state index in [1.165, 1.54) is 10.8 Å². The molecule has 1 aromatic heterocycles. The maximum Gasteiger partial charge on any atom is 0.136 e. The number of nitrogens with zero attached hydrogens (tertiary/aromatic N) is 2. The van der Waals surface area contributed by atoms with Crippen molar-refractivity contribution in [3.8, 4) is 5.75 Å². The average molecular weight is 257 g/mol. The third kappa shape index (κ3) is 2.24. The molecule has 0 aliphatic carbocycles. The number of anilines is 1. The monoisotopic (exact) mass is 257 g/mol. The van der Waals surface area contributed by atoms with Gasteiger partial charge in [0, 0.05) is 37.8 Å². The van der Waals surface area contributed by atoms with Crippen molar-refractivity contribution in [2.45, 2.75) is 6.92 Å². The molecule has 0 saturated carbocycles. The third-order valence-electron chi connectivity index (χ3n) is 3.68. The molecule has 4 nitrogen and oxygen atoms in total. The van der Waals surface area contributed by atoms with Crippen molar-refractivity contribution in [2.75, 3.05) is 38.2 Å². The number of aryl methyl sites for hydroxylation is 1. The Balaban J connectivity index is 2.11. The van der Waals surface area contributed by atoms with E-state index >= 15 is 0 Å². The lowest BCUT2D eigenvalue weighted by Crippen LogP contribution is -2.43. The predicted molar refractivity (Wildman–Crippen MR) is 78.1 cm³/mol. The molecule has 0 atom stereocenters. The van der Waals surface area contributed by atoms with Gasteiger partial charge in [0.05, 0.1) is 7.11 Å². The average Bonchev–Trinajstić information content (AvgIpc) is 2.47. The molecule has 2 heterocycles. The lowest BCUT2D eigenvalue weighted by molar-refractivity contribution is 0.412. The van der Waals surface area contributed by atoms with Gasteiger partial charge in [-0.05, 0) is 36.1 Å². The van der Waals surface area contributed by atoms with Gasteiger partial charge in [-0.15, -0.1) is 0 Å². The van der Waals surface area contributed by atoms with Gasteiger partial charge >= 0.3 is 0 Å². The van der Waals surface area contributed by atoms with Crippen LogP contribution in [0.15, 0.2) is 24.4 Å². The summed E-state index contributed by atoms with van der Waals surface area (Å²) in [6, 6.07) is 6.32. The number of hydrogen-bond donors (Lipinski definition) is 1. The summed E-state index contributed by atoms with van der Waals surface area (Å²) in [4.78, 5) is 6.94. The summed E-state index contributed by atoms with van der Waals surface area (Å²) in [6.45, 7) is 6.14. The molecule has 3 rings (SSSR count). The Morgan fingerprint density at radius 1 is 1.26 bits per heavy atom. The number of pyridine rings is 1. The Kier molecular flexibility index (Phi) is 3.25. The largest absolute Gasteiger partial charge is 0.496 e. The van der Waals surface area contributed by atoms with E-state index in [9.17, 15) is 0 Å². The molecule has 1 aliphatic rings. The fourth-order valence-electron chi connectivity index (χ4n) is 2.64. The first kappa shape index (κ1) is 12.2. The van der Waals surface area contributed by atoms with Gasteiger partial charge in [0.1, 0.15) is 11.6 Å². The van der Waals surface area contributed by atoms with Crippen molar-refractivity contribution in [1.29, 1.82) is 0 Å². The molecule has 0 bridgehead atoms. The normalized spacial score (nSPS) is 15.8.